The molecule has 11 heteroatoms. The fraction of sp³-hybridized carbons (Fsp3) is 0.435. The molecule has 2 aromatic carbocycles. The van der Waals surface area contributed by atoms with Crippen molar-refractivity contribution in [3.05, 3.63) is 57.6 Å². The van der Waals surface area contributed by atoms with E-state index in [9.17, 15) is 13.2 Å². The molecule has 186 valence electrons. The minimum Gasteiger partial charge on any atom is -0.494 e. The van der Waals surface area contributed by atoms with Crippen molar-refractivity contribution in [1.29, 1.82) is 0 Å². The number of halogens is 3. The van der Waals surface area contributed by atoms with Crippen LogP contribution in [0.5, 0.6) is 11.5 Å². The van der Waals surface area contributed by atoms with Crippen LogP contribution in [0.2, 0.25) is 10.0 Å². The Morgan fingerprint density at radius 3 is 2.24 bits per heavy atom. The van der Waals surface area contributed by atoms with Gasteiger partial charge in [-0.2, -0.15) is 0 Å². The van der Waals surface area contributed by atoms with E-state index in [1.54, 1.807) is 0 Å². The van der Waals surface area contributed by atoms with Gasteiger partial charge in [0.2, 0.25) is 10.0 Å². The molecule has 1 heterocycles. The van der Waals surface area contributed by atoms with Gasteiger partial charge < -0.3 is 19.0 Å². The minimum atomic E-state index is -3.47. The van der Waals surface area contributed by atoms with Crippen LogP contribution in [0.4, 0.5) is 0 Å². The molecule has 0 spiro atoms. The standard InChI is InChI=1S/C23H26Cl3NO6S/c1-34(29,30)27-18(13-28)7-10-32-19-5-3-16(4-6-19)23(14-31-15-23)17-11-20(25)22(21(26)12-17)33-9-2-8-24/h3-6,11-13,18,27H,2,7-10,14-15H2,1H3. The molecule has 1 N–H and O–H groups in total. The quantitative estimate of drug-likeness (QED) is 0.228. The van der Waals surface area contributed by atoms with Crippen molar-refractivity contribution in [1.82, 2.24) is 4.72 Å². The summed E-state index contributed by atoms with van der Waals surface area (Å²) >= 11 is 18.7. The van der Waals surface area contributed by atoms with E-state index < -0.39 is 21.5 Å². The van der Waals surface area contributed by atoms with Crippen LogP contribution in [0.3, 0.4) is 0 Å². The topological polar surface area (TPSA) is 90.9 Å². The van der Waals surface area contributed by atoms with Gasteiger partial charge in [-0.05, 0) is 41.8 Å². The maximum absolute atomic E-state index is 11.3. The van der Waals surface area contributed by atoms with E-state index in [2.05, 4.69) is 4.72 Å². The van der Waals surface area contributed by atoms with Crippen molar-refractivity contribution >= 4 is 51.1 Å². The summed E-state index contributed by atoms with van der Waals surface area (Å²) in [7, 11) is -3.47. The number of carbonyl (C=O) groups excluding carboxylic acids is 1. The smallest absolute Gasteiger partial charge is 0.209 e. The first kappa shape index (κ1) is 27.0. The number of alkyl halides is 1. The third-order valence-electron chi connectivity index (χ3n) is 5.41. The molecule has 0 saturated carbocycles. The van der Waals surface area contributed by atoms with Crippen LogP contribution in [-0.4, -0.2) is 59.3 Å². The third kappa shape index (κ3) is 6.77. The first-order chi connectivity index (χ1) is 16.2. The van der Waals surface area contributed by atoms with Crippen LogP contribution in [0.25, 0.3) is 0 Å². The van der Waals surface area contributed by atoms with E-state index in [1.165, 1.54) is 0 Å². The van der Waals surface area contributed by atoms with Gasteiger partial charge >= 0.3 is 0 Å². The highest BCUT2D eigenvalue weighted by atomic mass is 35.5. The van der Waals surface area contributed by atoms with Crippen LogP contribution < -0.4 is 14.2 Å². The molecule has 34 heavy (non-hydrogen) atoms. The van der Waals surface area contributed by atoms with E-state index in [4.69, 9.17) is 49.0 Å². The summed E-state index contributed by atoms with van der Waals surface area (Å²) in [5.74, 6) is 1.53. The lowest BCUT2D eigenvalue weighted by Crippen LogP contribution is -2.47. The van der Waals surface area contributed by atoms with Gasteiger partial charge in [0.1, 0.15) is 12.0 Å². The maximum Gasteiger partial charge on any atom is 0.209 e. The van der Waals surface area contributed by atoms with Crippen LogP contribution in [0.15, 0.2) is 36.4 Å². The first-order valence-electron chi connectivity index (χ1n) is 10.6. The Morgan fingerprint density at radius 1 is 1.09 bits per heavy atom. The Labute approximate surface area is 214 Å². The maximum atomic E-state index is 11.3. The average molecular weight is 551 g/mol. The molecule has 0 radical (unpaired) electrons. The van der Waals surface area contributed by atoms with Gasteiger partial charge in [0, 0.05) is 12.3 Å². The molecule has 1 saturated heterocycles. The summed E-state index contributed by atoms with van der Waals surface area (Å²) in [5, 5.41) is 0.853. The lowest BCUT2D eigenvalue weighted by Gasteiger charge is -2.42. The van der Waals surface area contributed by atoms with E-state index >= 15 is 0 Å². The summed E-state index contributed by atoms with van der Waals surface area (Å²) in [6.07, 6.45) is 2.46. The van der Waals surface area contributed by atoms with E-state index in [0.717, 1.165) is 17.4 Å². The second-order valence-electron chi connectivity index (χ2n) is 8.03. The van der Waals surface area contributed by atoms with Crippen molar-refractivity contribution in [2.75, 3.05) is 38.6 Å². The van der Waals surface area contributed by atoms with Gasteiger partial charge in [0.15, 0.2) is 5.75 Å². The number of ether oxygens (including phenoxy) is 3. The number of hydrogen-bond donors (Lipinski definition) is 1. The second-order valence-corrected chi connectivity index (χ2v) is 11.0. The van der Waals surface area contributed by atoms with Crippen molar-refractivity contribution < 1.29 is 27.4 Å². The summed E-state index contributed by atoms with van der Waals surface area (Å²) in [6, 6.07) is 10.4. The fourth-order valence-electron chi connectivity index (χ4n) is 3.61. The number of aldehydes is 1. The van der Waals surface area contributed by atoms with Crippen molar-refractivity contribution in [3.63, 3.8) is 0 Å². The van der Waals surface area contributed by atoms with Crippen LogP contribution in [0, 0.1) is 0 Å². The zero-order valence-electron chi connectivity index (χ0n) is 18.6. The molecule has 0 aromatic heterocycles. The van der Waals surface area contributed by atoms with Crippen LogP contribution in [-0.2, 0) is 25.0 Å². The molecule has 2 aromatic rings. The van der Waals surface area contributed by atoms with Gasteiger partial charge in [-0.3, -0.25) is 0 Å². The van der Waals surface area contributed by atoms with Crippen LogP contribution in [0.1, 0.15) is 24.0 Å². The molecule has 1 aliphatic heterocycles. The molecule has 1 atom stereocenters. The van der Waals surface area contributed by atoms with Crippen molar-refractivity contribution in [3.8, 4) is 11.5 Å². The number of rotatable bonds is 13. The highest BCUT2D eigenvalue weighted by Crippen LogP contribution is 2.44. The van der Waals surface area contributed by atoms with Gasteiger partial charge in [0.25, 0.3) is 0 Å². The van der Waals surface area contributed by atoms with Gasteiger partial charge in [-0.1, -0.05) is 35.3 Å². The summed E-state index contributed by atoms with van der Waals surface area (Å²) in [4.78, 5) is 11.1. The molecule has 3 rings (SSSR count). The van der Waals surface area contributed by atoms with Crippen molar-refractivity contribution in [2.24, 2.45) is 0 Å². The van der Waals surface area contributed by atoms with E-state index in [0.29, 0.717) is 60.0 Å². The van der Waals surface area contributed by atoms with Crippen molar-refractivity contribution in [2.45, 2.75) is 24.3 Å². The Hall–Kier alpha value is -1.55. The minimum absolute atomic E-state index is 0.177. The second kappa shape index (κ2) is 11.9. The Balaban J connectivity index is 1.69. The number of sulfonamides is 1. The van der Waals surface area contributed by atoms with Gasteiger partial charge in [-0.25, -0.2) is 13.1 Å². The molecular weight excluding hydrogens is 525 g/mol. The summed E-state index contributed by atoms with van der Waals surface area (Å²) in [6.45, 7) is 1.56. The first-order valence-corrected chi connectivity index (χ1v) is 13.8. The predicted molar refractivity (Wildman–Crippen MR) is 133 cm³/mol. The number of carbonyl (C=O) groups is 1. The molecule has 1 fully saturated rings. The number of benzene rings is 2. The van der Waals surface area contributed by atoms with Crippen LogP contribution >= 0.6 is 34.8 Å². The molecule has 0 bridgehead atoms. The molecule has 0 aliphatic carbocycles. The fourth-order valence-corrected chi connectivity index (χ4v) is 5.04. The molecule has 0 amide bonds. The lowest BCUT2D eigenvalue weighted by molar-refractivity contribution is -0.109. The zero-order valence-corrected chi connectivity index (χ0v) is 21.6. The Bertz CT molecular complexity index is 1070. The summed E-state index contributed by atoms with van der Waals surface area (Å²) in [5.41, 5.74) is 1.54. The van der Waals surface area contributed by atoms with Gasteiger partial charge in [-0.15, -0.1) is 11.6 Å². The Morgan fingerprint density at radius 2 is 1.74 bits per heavy atom. The number of hydrogen-bond acceptors (Lipinski definition) is 6. The molecular formula is C23H26Cl3NO6S. The lowest BCUT2D eigenvalue weighted by atomic mass is 9.73. The van der Waals surface area contributed by atoms with E-state index in [-0.39, 0.29) is 13.0 Å². The normalized spacial score (nSPS) is 15.9. The number of nitrogens with one attached hydrogen (secondary N) is 1. The molecule has 1 aliphatic rings. The molecule has 1 unspecified atom stereocenters. The monoisotopic (exact) mass is 549 g/mol. The largest absolute Gasteiger partial charge is 0.494 e. The highest BCUT2D eigenvalue weighted by molar-refractivity contribution is 7.88. The third-order valence-corrected chi connectivity index (χ3v) is 6.97. The predicted octanol–water partition coefficient (Wildman–Crippen LogP) is 4.20. The Kier molecular flexibility index (Phi) is 9.49. The molecule has 7 nitrogen and oxygen atoms in total. The SMILES string of the molecule is CS(=O)(=O)NC(C=O)CCOc1ccc(C2(c3cc(Cl)c(OCCCCl)c(Cl)c3)COC2)cc1. The average Bonchev–Trinajstić information content (AvgIpc) is 2.74. The summed E-state index contributed by atoms with van der Waals surface area (Å²) < 4.78 is 41.8. The highest BCUT2D eigenvalue weighted by Gasteiger charge is 2.42. The van der Waals surface area contributed by atoms with Gasteiger partial charge in [0.05, 0.1) is 54.2 Å². The van der Waals surface area contributed by atoms with E-state index in [1.807, 2.05) is 36.4 Å². The zero-order chi connectivity index (χ0) is 24.8.